The Morgan fingerprint density at radius 1 is 1.00 bits per heavy atom. The van der Waals surface area contributed by atoms with Gasteiger partial charge >= 0.3 is 71.8 Å². The first kappa shape index (κ1) is 11.2. The number of hydrogen-bond acceptors (Lipinski definition) is 0. The van der Waals surface area contributed by atoms with E-state index in [1.54, 1.807) is 0 Å². The van der Waals surface area contributed by atoms with Crippen molar-refractivity contribution in [3.8, 4) is 0 Å². The van der Waals surface area contributed by atoms with Gasteiger partial charge in [0.05, 0.1) is 0 Å². The fourth-order valence-electron chi connectivity index (χ4n) is 1.55. The Hall–Kier alpha value is 0.170. The summed E-state index contributed by atoms with van der Waals surface area (Å²) in [7, 11) is -0.825. The molecule has 0 fully saturated rings. The van der Waals surface area contributed by atoms with E-state index in [0.717, 1.165) is 0 Å². The monoisotopic (exact) mass is 174 g/mol. The molecule has 0 rings (SSSR count). The van der Waals surface area contributed by atoms with Gasteiger partial charge in [0.1, 0.15) is 0 Å². The molecule has 0 radical (unpaired) electrons. The third-order valence-electron chi connectivity index (χ3n) is 3.04. The molecule has 11 heavy (non-hydrogen) atoms. The van der Waals surface area contributed by atoms with E-state index in [1.165, 1.54) is 24.6 Å². The molecular formula is C10H23P. The number of rotatable bonds is 5. The Kier molecular flexibility index (Phi) is 5.86. The van der Waals surface area contributed by atoms with Crippen LogP contribution in [0.2, 0.25) is 0 Å². The second-order valence-corrected chi connectivity index (χ2v) is 8.86. The first-order valence-corrected chi connectivity index (χ1v) is 7.68. The van der Waals surface area contributed by atoms with E-state index in [4.69, 9.17) is 0 Å². The van der Waals surface area contributed by atoms with Crippen molar-refractivity contribution >= 4 is 7.26 Å². The van der Waals surface area contributed by atoms with Gasteiger partial charge in [-0.2, -0.15) is 0 Å². The van der Waals surface area contributed by atoms with Gasteiger partial charge in [0.15, 0.2) is 0 Å². The molecule has 0 heterocycles. The molecule has 0 aromatic rings. The van der Waals surface area contributed by atoms with Gasteiger partial charge in [0.25, 0.3) is 0 Å². The van der Waals surface area contributed by atoms with Gasteiger partial charge in [-0.1, -0.05) is 0 Å². The summed E-state index contributed by atoms with van der Waals surface area (Å²) in [5.41, 5.74) is 0. The Bertz CT molecular complexity index is 104. The molecule has 0 aromatic carbocycles. The van der Waals surface area contributed by atoms with Crippen LogP contribution in [0.1, 0.15) is 27.7 Å². The first-order valence-electron chi connectivity index (χ1n) is 4.85. The van der Waals surface area contributed by atoms with Gasteiger partial charge in [-0.15, -0.1) is 0 Å². The zero-order valence-corrected chi connectivity index (χ0v) is 9.48. The minimum absolute atomic E-state index is 0.825. The maximum absolute atomic E-state index is 2.36. The molecular weight excluding hydrogens is 151 g/mol. The van der Waals surface area contributed by atoms with Crippen LogP contribution in [-0.2, 0) is 0 Å². The van der Waals surface area contributed by atoms with Gasteiger partial charge in [0.2, 0.25) is 0 Å². The van der Waals surface area contributed by atoms with Gasteiger partial charge in [0, 0.05) is 0 Å². The Morgan fingerprint density at radius 3 is 1.73 bits per heavy atom. The van der Waals surface area contributed by atoms with Crippen LogP contribution in [0, 0.1) is 0 Å². The van der Waals surface area contributed by atoms with Crippen molar-refractivity contribution < 1.29 is 0 Å². The Balaban J connectivity index is 4.04. The topological polar surface area (TPSA) is 0 Å². The second kappa shape index (κ2) is 5.77. The first-order chi connectivity index (χ1) is 5.24. The van der Waals surface area contributed by atoms with Crippen molar-refractivity contribution in [2.75, 3.05) is 24.6 Å². The van der Waals surface area contributed by atoms with Crippen molar-refractivity contribution in [3.63, 3.8) is 0 Å². The molecule has 0 nitrogen and oxygen atoms in total. The third kappa shape index (κ3) is 3.38. The van der Waals surface area contributed by atoms with Gasteiger partial charge in [-0.3, -0.25) is 0 Å². The van der Waals surface area contributed by atoms with Crippen molar-refractivity contribution in [3.05, 3.63) is 12.2 Å². The van der Waals surface area contributed by atoms with E-state index in [1.807, 2.05) is 0 Å². The molecule has 0 aromatic heterocycles. The predicted molar refractivity (Wildman–Crippen MR) is 59.6 cm³/mol. The Morgan fingerprint density at radius 2 is 1.45 bits per heavy atom. The fraction of sp³-hybridized carbons (Fsp3) is 0.800. The summed E-state index contributed by atoms with van der Waals surface area (Å²) in [6.45, 7) is 9.22. The van der Waals surface area contributed by atoms with Crippen molar-refractivity contribution in [1.29, 1.82) is 0 Å². The molecule has 0 spiro atoms. The minimum atomic E-state index is -0.825. The van der Waals surface area contributed by atoms with E-state index in [-0.39, 0.29) is 0 Å². The average molecular weight is 174 g/mol. The van der Waals surface area contributed by atoms with E-state index < -0.39 is 7.26 Å². The van der Waals surface area contributed by atoms with Gasteiger partial charge < -0.3 is 0 Å². The molecule has 0 saturated carbocycles. The normalized spacial score (nSPS) is 14.2. The van der Waals surface area contributed by atoms with Crippen LogP contribution in [0.25, 0.3) is 0 Å². The summed E-state index contributed by atoms with van der Waals surface area (Å²) in [5, 5.41) is 0. The summed E-state index contributed by atoms with van der Waals surface area (Å²) in [6, 6.07) is 0. The van der Waals surface area contributed by atoms with Crippen LogP contribution in [-0.4, -0.2) is 24.6 Å². The van der Waals surface area contributed by atoms with Gasteiger partial charge in [-0.05, 0) is 0 Å². The summed E-state index contributed by atoms with van der Waals surface area (Å²) in [4.78, 5) is 0. The van der Waals surface area contributed by atoms with Crippen LogP contribution >= 0.6 is 7.26 Å². The number of hydrogen-bond donors (Lipinski definition) is 0. The SMILES string of the molecule is CC=CC[PH](CC)(CC)CC. The molecule has 0 aliphatic carbocycles. The van der Waals surface area contributed by atoms with Crippen LogP contribution in [0.3, 0.4) is 0 Å². The molecule has 0 N–H and O–H groups in total. The zero-order valence-electron chi connectivity index (χ0n) is 8.48. The molecule has 0 saturated heterocycles. The van der Waals surface area contributed by atoms with E-state index in [2.05, 4.69) is 39.8 Å². The summed E-state index contributed by atoms with van der Waals surface area (Å²) in [5.74, 6) is 0. The van der Waals surface area contributed by atoms with Gasteiger partial charge in [-0.25, -0.2) is 0 Å². The van der Waals surface area contributed by atoms with Crippen molar-refractivity contribution in [2.45, 2.75) is 27.7 Å². The predicted octanol–water partition coefficient (Wildman–Crippen LogP) is 3.37. The average Bonchev–Trinajstić information content (AvgIpc) is 2.08. The molecule has 0 bridgehead atoms. The molecule has 1 heteroatoms. The van der Waals surface area contributed by atoms with E-state index in [9.17, 15) is 0 Å². The van der Waals surface area contributed by atoms with Crippen molar-refractivity contribution in [2.24, 2.45) is 0 Å². The molecule has 0 atom stereocenters. The molecule has 68 valence electrons. The summed E-state index contributed by atoms with van der Waals surface area (Å²) in [6.07, 6.45) is 10.3. The van der Waals surface area contributed by atoms with Crippen LogP contribution in [0.5, 0.6) is 0 Å². The standard InChI is InChI=1S/C10H23P/c1-5-9-10-11(6-2,7-3)8-4/h5,9,11H,6-8,10H2,1-4H3. The van der Waals surface area contributed by atoms with Crippen LogP contribution in [0.4, 0.5) is 0 Å². The quantitative estimate of drug-likeness (QED) is 0.443. The number of allylic oxidation sites excluding steroid dienone is 2. The summed E-state index contributed by atoms with van der Waals surface area (Å²) < 4.78 is 0. The molecule has 0 aliphatic heterocycles. The molecule has 0 amide bonds. The van der Waals surface area contributed by atoms with E-state index >= 15 is 0 Å². The van der Waals surface area contributed by atoms with E-state index in [0.29, 0.717) is 0 Å². The third-order valence-corrected chi connectivity index (χ3v) is 8.64. The van der Waals surface area contributed by atoms with Crippen LogP contribution < -0.4 is 0 Å². The fourth-order valence-corrected chi connectivity index (χ4v) is 4.65. The summed E-state index contributed by atoms with van der Waals surface area (Å²) >= 11 is 0. The van der Waals surface area contributed by atoms with Crippen molar-refractivity contribution in [1.82, 2.24) is 0 Å². The maximum atomic E-state index is 2.36. The zero-order chi connectivity index (χ0) is 8.74. The second-order valence-electron chi connectivity index (χ2n) is 3.33. The van der Waals surface area contributed by atoms with Crippen LogP contribution in [0.15, 0.2) is 12.2 Å². The Labute approximate surface area is 72.4 Å². The molecule has 0 aliphatic rings. The molecule has 0 unspecified atom stereocenters.